The first-order valence-corrected chi connectivity index (χ1v) is 39.3. The number of hydrogen-bond donors (Lipinski definition) is 11. The van der Waals surface area contributed by atoms with Crippen molar-refractivity contribution in [3.05, 3.63) is 0 Å². The molecule has 18 atom stereocenters. The van der Waals surface area contributed by atoms with E-state index in [1.54, 1.807) is 0 Å². The molecule has 0 aromatic carbocycles. The average Bonchev–Trinajstić information content (AvgIpc) is 0.764. The Bertz CT molecular complexity index is 1990. The van der Waals surface area contributed by atoms with Gasteiger partial charge in [-0.15, -0.1) is 0 Å². The number of esters is 3. The summed E-state index contributed by atoms with van der Waals surface area (Å²) >= 11 is 0. The van der Waals surface area contributed by atoms with Crippen molar-refractivity contribution >= 4 is 25.7 Å². The molecule has 25 heteroatoms. The van der Waals surface area contributed by atoms with Gasteiger partial charge in [-0.25, -0.2) is 4.57 Å². The molecule has 2 heterocycles. The normalized spacial score (nSPS) is 27.9. The third-order valence-corrected chi connectivity index (χ3v) is 19.9. The predicted octanol–water partition coefficient (Wildman–Crippen LogP) is 10.2. The van der Waals surface area contributed by atoms with Crippen LogP contribution in [0.5, 0.6) is 0 Å². The van der Waals surface area contributed by atoms with Crippen LogP contribution < -0.4 is 0 Å². The second kappa shape index (κ2) is 53.7. The van der Waals surface area contributed by atoms with Crippen molar-refractivity contribution in [2.45, 2.75) is 407 Å². The van der Waals surface area contributed by atoms with E-state index in [2.05, 4.69) is 20.8 Å². The Morgan fingerprint density at radius 3 is 1.02 bits per heavy atom. The topological polar surface area (TPSA) is 374 Å². The molecule has 96 heavy (non-hydrogen) atoms. The summed E-state index contributed by atoms with van der Waals surface area (Å²) in [7, 11) is -5.69. The van der Waals surface area contributed by atoms with Crippen molar-refractivity contribution in [1.82, 2.24) is 0 Å². The number of aliphatic hydroxyl groups excluding tert-OH is 10. The monoisotopic (exact) mass is 1400 g/mol. The van der Waals surface area contributed by atoms with E-state index < -0.39 is 156 Å². The van der Waals surface area contributed by atoms with E-state index in [1.165, 1.54) is 154 Å². The van der Waals surface area contributed by atoms with E-state index in [0.717, 1.165) is 89.9 Å². The predicted molar refractivity (Wildman–Crippen MR) is 361 cm³/mol. The van der Waals surface area contributed by atoms with Gasteiger partial charge >= 0.3 is 25.7 Å². The lowest BCUT2D eigenvalue weighted by molar-refractivity contribution is -0.360. The largest absolute Gasteiger partial charge is 0.472 e. The van der Waals surface area contributed by atoms with Crippen LogP contribution in [-0.2, 0) is 61.2 Å². The van der Waals surface area contributed by atoms with Crippen molar-refractivity contribution in [3.8, 4) is 0 Å². The minimum Gasteiger partial charge on any atom is -0.463 e. The highest BCUT2D eigenvalue weighted by molar-refractivity contribution is 7.47. The minimum atomic E-state index is -5.69. The zero-order chi connectivity index (χ0) is 70.4. The minimum absolute atomic E-state index is 0.0337. The molecule has 24 nitrogen and oxygen atoms in total. The van der Waals surface area contributed by atoms with E-state index in [-0.39, 0.29) is 19.3 Å². The number of ether oxygens (including phenoxy) is 7. The quantitative estimate of drug-likeness (QED) is 0.0117. The fourth-order valence-electron chi connectivity index (χ4n) is 12.7. The zero-order valence-electron chi connectivity index (χ0n) is 58.9. The van der Waals surface area contributed by atoms with Gasteiger partial charge in [-0.05, 0) is 19.3 Å². The SMILES string of the molecule is CCCCCCCCCCCCCCCCCC(=O)OCC1OC(OC2C(O)C(O)C(O)C(OC3OC(CO)C(O)C(O)C3O)C2OP(=O)(O)OCC(COC(=O)CCCCCCCCCCCCCCCC)OC(=O)CCCCCCCCCCCCCC)C(O)C(O)C1O. The molecule has 1 aliphatic carbocycles. The van der Waals surface area contributed by atoms with Crippen LogP contribution in [0.3, 0.4) is 0 Å². The Morgan fingerprint density at radius 1 is 0.365 bits per heavy atom. The van der Waals surface area contributed by atoms with Gasteiger partial charge in [0.2, 0.25) is 0 Å². The number of carbonyl (C=O) groups is 3. The first-order chi connectivity index (χ1) is 46.3. The Hall–Kier alpha value is -2.04. The molecule has 3 rings (SSSR count). The lowest BCUT2D eigenvalue weighted by Gasteiger charge is -2.49. The molecular weight excluding hydrogens is 1270 g/mol. The van der Waals surface area contributed by atoms with Gasteiger partial charge in [0.1, 0.15) is 98.7 Å². The first kappa shape index (κ1) is 88.2. The van der Waals surface area contributed by atoms with Gasteiger partial charge < -0.3 is 89.1 Å². The van der Waals surface area contributed by atoms with E-state index in [4.69, 9.17) is 42.2 Å². The van der Waals surface area contributed by atoms with Crippen LogP contribution in [-0.4, -0.2) is 204 Å². The molecule has 3 aliphatic rings. The molecule has 566 valence electrons. The highest BCUT2D eigenvalue weighted by Gasteiger charge is 2.58. The Labute approximate surface area is 574 Å². The number of unbranched alkanes of at least 4 members (excludes halogenated alkanes) is 38. The van der Waals surface area contributed by atoms with Crippen LogP contribution >= 0.6 is 7.82 Å². The van der Waals surface area contributed by atoms with Gasteiger partial charge in [0.15, 0.2) is 18.7 Å². The van der Waals surface area contributed by atoms with Gasteiger partial charge in [-0.1, -0.05) is 265 Å². The number of carbonyl (C=O) groups excluding carboxylic acids is 3. The summed E-state index contributed by atoms with van der Waals surface area (Å²) in [5.41, 5.74) is 0. The molecular formula is C71H133O24P. The molecule has 3 fully saturated rings. The smallest absolute Gasteiger partial charge is 0.463 e. The third-order valence-electron chi connectivity index (χ3n) is 18.9. The van der Waals surface area contributed by atoms with Gasteiger partial charge in [0, 0.05) is 19.3 Å². The highest BCUT2D eigenvalue weighted by atomic mass is 31.2. The fraction of sp³-hybridized carbons (Fsp3) is 0.958. The van der Waals surface area contributed by atoms with E-state index >= 15 is 0 Å². The average molecular weight is 1400 g/mol. The zero-order valence-corrected chi connectivity index (χ0v) is 59.8. The van der Waals surface area contributed by atoms with E-state index in [0.29, 0.717) is 19.3 Å². The molecule has 11 N–H and O–H groups in total. The number of phosphoric ester groups is 1. The molecule has 1 saturated carbocycles. The summed E-state index contributed by atoms with van der Waals surface area (Å²) in [6.45, 7) is 3.46. The van der Waals surface area contributed by atoms with E-state index in [1.807, 2.05) is 0 Å². The second-order valence-corrected chi connectivity index (χ2v) is 28.8. The lowest BCUT2D eigenvalue weighted by atomic mass is 9.84. The van der Waals surface area contributed by atoms with Crippen LogP contribution in [0.2, 0.25) is 0 Å². The standard InChI is InChI=1S/C71H133O24P/c1-4-7-10-13-16-19-22-25-27-29-32-34-37-40-43-46-56(74)88-51-54-59(77)61(79)66(84)71(92-54)94-68-64(82)62(80)63(81)67(93-70-65(83)60(78)58(76)53(48-72)91-70)69(68)95-96(85,86)89-50-52(90-57(75)47-44-41-38-35-30-24-21-18-15-12-9-6-3)49-87-55(73)45-42-39-36-33-31-28-26-23-20-17-14-11-8-5-2/h52-54,58-72,76-84H,4-51H2,1-3H3,(H,85,86). The third kappa shape index (κ3) is 36.7. The van der Waals surface area contributed by atoms with Crippen LogP contribution in [0.15, 0.2) is 0 Å². The summed E-state index contributed by atoms with van der Waals surface area (Å²) in [4.78, 5) is 50.9. The van der Waals surface area contributed by atoms with Gasteiger partial charge in [0.25, 0.3) is 0 Å². The Kier molecular flexibility index (Phi) is 49.4. The summed E-state index contributed by atoms with van der Waals surface area (Å²) < 4.78 is 65.0. The maximum Gasteiger partial charge on any atom is 0.472 e. The maximum absolute atomic E-state index is 14.3. The van der Waals surface area contributed by atoms with Gasteiger partial charge in [0.05, 0.1) is 13.2 Å². The van der Waals surface area contributed by atoms with Gasteiger partial charge in [-0.3, -0.25) is 23.4 Å². The molecule has 0 radical (unpaired) electrons. The molecule has 0 bridgehead atoms. The molecule has 0 aromatic heterocycles. The van der Waals surface area contributed by atoms with Crippen molar-refractivity contribution in [3.63, 3.8) is 0 Å². The second-order valence-electron chi connectivity index (χ2n) is 27.4. The molecule has 0 amide bonds. The highest BCUT2D eigenvalue weighted by Crippen LogP contribution is 2.49. The van der Waals surface area contributed by atoms with E-state index in [9.17, 15) is 74.9 Å². The summed E-state index contributed by atoms with van der Waals surface area (Å²) in [5.74, 6) is -1.97. The van der Waals surface area contributed by atoms with Gasteiger partial charge in [-0.2, -0.15) is 0 Å². The van der Waals surface area contributed by atoms with Crippen LogP contribution in [0.25, 0.3) is 0 Å². The molecule has 18 unspecified atom stereocenters. The van der Waals surface area contributed by atoms with Crippen LogP contribution in [0, 0.1) is 0 Å². The number of rotatable bonds is 59. The molecule has 0 spiro atoms. The summed E-state index contributed by atoms with van der Waals surface area (Å²) in [6.07, 6.45) is 10.3. The van der Waals surface area contributed by atoms with Crippen LogP contribution in [0.4, 0.5) is 0 Å². The number of phosphoric acid groups is 1. The van der Waals surface area contributed by atoms with Crippen LogP contribution in [0.1, 0.15) is 303 Å². The van der Waals surface area contributed by atoms with Crippen molar-refractivity contribution in [1.29, 1.82) is 0 Å². The molecule has 0 aromatic rings. The summed E-state index contributed by atoms with van der Waals surface area (Å²) in [6, 6.07) is 0. The first-order valence-electron chi connectivity index (χ1n) is 37.8. The summed E-state index contributed by atoms with van der Waals surface area (Å²) in [5, 5.41) is 110. The lowest BCUT2D eigenvalue weighted by Crippen LogP contribution is -2.69. The number of aliphatic hydroxyl groups is 10. The number of hydrogen-bond acceptors (Lipinski definition) is 23. The fourth-order valence-corrected chi connectivity index (χ4v) is 13.7. The maximum atomic E-state index is 14.3. The Balaban J connectivity index is 1.73. The molecule has 2 saturated heterocycles. The molecule has 2 aliphatic heterocycles. The Morgan fingerprint density at radius 2 is 0.667 bits per heavy atom. The van der Waals surface area contributed by atoms with Crippen molar-refractivity contribution in [2.75, 3.05) is 26.4 Å². The van der Waals surface area contributed by atoms with Crippen molar-refractivity contribution in [2.24, 2.45) is 0 Å². The van der Waals surface area contributed by atoms with Crippen molar-refractivity contribution < 1.29 is 117 Å².